The van der Waals surface area contributed by atoms with E-state index >= 15 is 0 Å². The summed E-state index contributed by atoms with van der Waals surface area (Å²) in [4.78, 5) is 18.5. The van der Waals surface area contributed by atoms with Crippen LogP contribution >= 0.6 is 0 Å². The Labute approximate surface area is 119 Å². The van der Waals surface area contributed by atoms with Crippen LogP contribution in [0.3, 0.4) is 0 Å². The fourth-order valence-electron chi connectivity index (χ4n) is 2.36. The van der Waals surface area contributed by atoms with Crippen molar-refractivity contribution in [1.29, 1.82) is 0 Å². The van der Waals surface area contributed by atoms with Crippen LogP contribution in [-0.2, 0) is 11.2 Å². The van der Waals surface area contributed by atoms with E-state index in [1.807, 2.05) is 11.6 Å². The van der Waals surface area contributed by atoms with Gasteiger partial charge in [0, 0.05) is 32.6 Å². The number of anilines is 1. The number of imidazole rings is 1. The van der Waals surface area contributed by atoms with E-state index in [4.69, 9.17) is 10.5 Å². The van der Waals surface area contributed by atoms with Gasteiger partial charge in [-0.3, -0.25) is 0 Å². The highest BCUT2D eigenvalue weighted by Crippen LogP contribution is 2.18. The summed E-state index contributed by atoms with van der Waals surface area (Å²) >= 11 is 0. The van der Waals surface area contributed by atoms with E-state index in [1.165, 1.54) is 0 Å². The zero-order valence-electron chi connectivity index (χ0n) is 12.4. The average molecular weight is 281 g/mol. The van der Waals surface area contributed by atoms with Gasteiger partial charge in [0.2, 0.25) is 0 Å². The summed E-state index contributed by atoms with van der Waals surface area (Å²) < 4.78 is 6.88. The molecule has 112 valence electrons. The molecule has 0 unspecified atom stereocenters. The number of carbonyl (C=O) groups excluding carboxylic acids is 1. The molecular formula is C13H23N5O2. The van der Waals surface area contributed by atoms with Gasteiger partial charge in [-0.05, 0) is 14.0 Å². The molecule has 1 aliphatic heterocycles. The van der Waals surface area contributed by atoms with Crippen LogP contribution in [0.25, 0.3) is 0 Å². The van der Waals surface area contributed by atoms with Gasteiger partial charge in [-0.15, -0.1) is 0 Å². The van der Waals surface area contributed by atoms with Crippen molar-refractivity contribution in [3.63, 3.8) is 0 Å². The largest absolute Gasteiger partial charge is 0.461 e. The van der Waals surface area contributed by atoms with Crippen molar-refractivity contribution in [2.75, 3.05) is 50.6 Å². The van der Waals surface area contributed by atoms with E-state index in [0.29, 0.717) is 12.4 Å². The first-order valence-corrected chi connectivity index (χ1v) is 7.06. The number of nitrogens with zero attached hydrogens (tertiary/aromatic N) is 4. The SMILES string of the molecule is CCOC(=O)c1nc(CC)n(N2CCN(C)CC2)c1N. The van der Waals surface area contributed by atoms with Gasteiger partial charge < -0.3 is 20.4 Å². The Kier molecular flexibility index (Phi) is 4.49. The summed E-state index contributed by atoms with van der Waals surface area (Å²) in [7, 11) is 2.10. The Morgan fingerprint density at radius 1 is 1.30 bits per heavy atom. The molecule has 0 amide bonds. The lowest BCUT2D eigenvalue weighted by Crippen LogP contribution is -2.50. The van der Waals surface area contributed by atoms with Crippen molar-refractivity contribution in [3.05, 3.63) is 11.5 Å². The predicted octanol–water partition coefficient (Wildman–Crippen LogP) is 0.0878. The number of ether oxygens (including phenoxy) is 1. The van der Waals surface area contributed by atoms with E-state index < -0.39 is 5.97 Å². The number of hydrogen-bond acceptors (Lipinski definition) is 6. The van der Waals surface area contributed by atoms with Crippen LogP contribution in [-0.4, -0.2) is 60.4 Å². The molecule has 0 bridgehead atoms. The van der Waals surface area contributed by atoms with E-state index in [9.17, 15) is 4.79 Å². The van der Waals surface area contributed by atoms with Crippen LogP contribution in [0, 0.1) is 0 Å². The van der Waals surface area contributed by atoms with Crippen LogP contribution in [0.1, 0.15) is 30.2 Å². The average Bonchev–Trinajstić information content (AvgIpc) is 2.77. The highest BCUT2D eigenvalue weighted by Gasteiger charge is 2.25. The van der Waals surface area contributed by atoms with Gasteiger partial charge in [0.1, 0.15) is 5.82 Å². The molecule has 0 radical (unpaired) electrons. The summed E-state index contributed by atoms with van der Waals surface area (Å²) in [6.07, 6.45) is 0.718. The number of nitrogen functional groups attached to an aromatic ring is 1. The quantitative estimate of drug-likeness (QED) is 0.788. The molecule has 0 aliphatic carbocycles. The first-order valence-electron chi connectivity index (χ1n) is 7.06. The maximum absolute atomic E-state index is 11.9. The molecule has 7 nitrogen and oxygen atoms in total. The van der Waals surface area contributed by atoms with E-state index in [1.54, 1.807) is 6.92 Å². The van der Waals surface area contributed by atoms with Crippen molar-refractivity contribution in [2.24, 2.45) is 0 Å². The second-order valence-electron chi connectivity index (χ2n) is 4.90. The van der Waals surface area contributed by atoms with Gasteiger partial charge in [-0.1, -0.05) is 6.92 Å². The van der Waals surface area contributed by atoms with Crippen molar-refractivity contribution in [3.8, 4) is 0 Å². The minimum Gasteiger partial charge on any atom is -0.461 e. The van der Waals surface area contributed by atoms with Crippen LogP contribution in [0.5, 0.6) is 0 Å². The molecule has 0 atom stereocenters. The Balaban J connectivity index is 2.30. The molecule has 1 saturated heterocycles. The zero-order valence-corrected chi connectivity index (χ0v) is 12.4. The molecule has 20 heavy (non-hydrogen) atoms. The number of likely N-dealkylation sites (N-methyl/N-ethyl adjacent to an activating group) is 1. The molecule has 1 aromatic rings. The minimum absolute atomic E-state index is 0.225. The Bertz CT molecular complexity index is 477. The fourth-order valence-corrected chi connectivity index (χ4v) is 2.36. The van der Waals surface area contributed by atoms with Gasteiger partial charge in [0.15, 0.2) is 11.5 Å². The number of hydrogen-bond donors (Lipinski definition) is 1. The molecule has 0 saturated carbocycles. The van der Waals surface area contributed by atoms with Crippen molar-refractivity contribution in [1.82, 2.24) is 14.6 Å². The smallest absolute Gasteiger partial charge is 0.360 e. The first-order chi connectivity index (χ1) is 9.58. The number of esters is 1. The Hall–Kier alpha value is -1.76. The fraction of sp³-hybridized carbons (Fsp3) is 0.692. The summed E-state index contributed by atoms with van der Waals surface area (Å²) in [5.41, 5.74) is 6.35. The molecule has 7 heteroatoms. The van der Waals surface area contributed by atoms with Crippen LogP contribution in [0.4, 0.5) is 5.82 Å². The third kappa shape index (κ3) is 2.72. The van der Waals surface area contributed by atoms with Crippen LogP contribution in [0.15, 0.2) is 0 Å². The van der Waals surface area contributed by atoms with E-state index in [-0.39, 0.29) is 5.69 Å². The molecule has 1 fully saturated rings. The molecule has 1 aromatic heterocycles. The van der Waals surface area contributed by atoms with Crippen molar-refractivity contribution >= 4 is 11.8 Å². The van der Waals surface area contributed by atoms with Crippen molar-refractivity contribution < 1.29 is 9.53 Å². The zero-order chi connectivity index (χ0) is 14.7. The van der Waals surface area contributed by atoms with E-state index in [0.717, 1.165) is 38.4 Å². The minimum atomic E-state index is -0.451. The third-order valence-electron chi connectivity index (χ3n) is 3.50. The second kappa shape index (κ2) is 6.13. The second-order valence-corrected chi connectivity index (χ2v) is 4.90. The van der Waals surface area contributed by atoms with E-state index in [2.05, 4.69) is 21.9 Å². The van der Waals surface area contributed by atoms with Crippen molar-refractivity contribution in [2.45, 2.75) is 20.3 Å². The number of nitrogens with two attached hydrogens (primary N) is 1. The maximum Gasteiger partial charge on any atom is 0.360 e. The predicted molar refractivity (Wildman–Crippen MR) is 77.4 cm³/mol. The van der Waals surface area contributed by atoms with Crippen LogP contribution in [0.2, 0.25) is 0 Å². The molecule has 0 aromatic carbocycles. The lowest BCUT2D eigenvalue weighted by Gasteiger charge is -2.35. The lowest BCUT2D eigenvalue weighted by atomic mass is 10.4. The topological polar surface area (TPSA) is 76.6 Å². The first kappa shape index (κ1) is 14.6. The normalized spacial score (nSPS) is 16.4. The molecule has 1 aliphatic rings. The Morgan fingerprint density at radius 3 is 2.50 bits per heavy atom. The number of aromatic nitrogens is 2. The van der Waals surface area contributed by atoms with Gasteiger partial charge >= 0.3 is 5.97 Å². The highest BCUT2D eigenvalue weighted by molar-refractivity contribution is 5.92. The molecule has 2 N–H and O–H groups in total. The summed E-state index contributed by atoms with van der Waals surface area (Å²) in [5.74, 6) is 0.729. The summed E-state index contributed by atoms with van der Waals surface area (Å²) in [6, 6.07) is 0. The number of aryl methyl sites for hydroxylation is 1. The van der Waals surface area contributed by atoms with Gasteiger partial charge in [-0.25, -0.2) is 14.5 Å². The highest BCUT2D eigenvalue weighted by atomic mass is 16.5. The summed E-state index contributed by atoms with van der Waals surface area (Å²) in [5, 5.41) is 2.14. The lowest BCUT2D eigenvalue weighted by molar-refractivity contribution is 0.0521. The molecule has 2 heterocycles. The monoisotopic (exact) mass is 281 g/mol. The maximum atomic E-state index is 11.9. The standard InChI is InChI=1S/C13H23N5O2/c1-4-10-15-11(13(19)20-5-2)12(14)18(10)17-8-6-16(3)7-9-17/h4-9,14H2,1-3H3. The third-order valence-corrected chi connectivity index (χ3v) is 3.50. The molecule has 0 spiro atoms. The number of rotatable bonds is 4. The van der Waals surface area contributed by atoms with Gasteiger partial charge in [0.25, 0.3) is 0 Å². The van der Waals surface area contributed by atoms with Crippen LogP contribution < -0.4 is 10.7 Å². The molecular weight excluding hydrogens is 258 g/mol. The van der Waals surface area contributed by atoms with Gasteiger partial charge in [-0.2, -0.15) is 0 Å². The van der Waals surface area contributed by atoms with Gasteiger partial charge in [0.05, 0.1) is 6.61 Å². The Morgan fingerprint density at radius 2 is 1.95 bits per heavy atom. The number of carbonyl (C=O) groups is 1. The summed E-state index contributed by atoms with van der Waals surface area (Å²) in [6.45, 7) is 7.76. The number of piperazine rings is 1. The molecule has 2 rings (SSSR count).